The molecule has 0 saturated heterocycles. The number of para-hydroxylation sites is 1. The largest absolute Gasteiger partial charge is 0.681 e. The first-order valence-electron chi connectivity index (χ1n) is 6.61. The third kappa shape index (κ3) is 3.36. The molecule has 1 unspecified atom stereocenters. The van der Waals surface area contributed by atoms with Crippen molar-refractivity contribution in [3.05, 3.63) is 71.0 Å². The molecule has 1 atom stereocenters. The van der Waals surface area contributed by atoms with Crippen LogP contribution in [-0.4, -0.2) is 0 Å². The molecule has 0 spiro atoms. The first-order chi connectivity index (χ1) is 8.79. The van der Waals surface area contributed by atoms with Crippen molar-refractivity contribution in [3.8, 4) is 0 Å². The van der Waals surface area contributed by atoms with Crippen molar-refractivity contribution < 1.29 is 0 Å². The number of nitrogens with zero attached hydrogens (tertiary/aromatic N) is 1. The van der Waals surface area contributed by atoms with Crippen LogP contribution < -0.4 is 0 Å². The molecule has 0 aliphatic rings. The highest BCUT2D eigenvalue weighted by molar-refractivity contribution is 5.48. The smallest absolute Gasteiger partial charge is 0.0193 e. The van der Waals surface area contributed by atoms with Crippen LogP contribution in [0.15, 0.2) is 54.6 Å². The Morgan fingerprint density at radius 2 is 1.61 bits per heavy atom. The zero-order valence-electron chi connectivity index (χ0n) is 11.1. The Morgan fingerprint density at radius 3 is 2.22 bits per heavy atom. The highest BCUT2D eigenvalue weighted by Gasteiger charge is 2.00. The van der Waals surface area contributed by atoms with Gasteiger partial charge in [-0.3, -0.25) is 0 Å². The molecular formula is C17H20N-. The molecule has 2 aromatic rings. The fraction of sp³-hybridized carbons (Fsp3) is 0.294. The zero-order valence-corrected chi connectivity index (χ0v) is 11.1. The summed E-state index contributed by atoms with van der Waals surface area (Å²) < 4.78 is 0. The van der Waals surface area contributed by atoms with Crippen molar-refractivity contribution in [2.45, 2.75) is 32.7 Å². The molecule has 0 bridgehead atoms. The Balaban J connectivity index is 1.94. The predicted octanol–water partition coefficient (Wildman–Crippen LogP) is 5.41. The van der Waals surface area contributed by atoms with Crippen LogP contribution in [-0.2, 0) is 6.54 Å². The van der Waals surface area contributed by atoms with E-state index in [9.17, 15) is 0 Å². The average Bonchev–Trinajstić information content (AvgIpc) is 2.46. The summed E-state index contributed by atoms with van der Waals surface area (Å²) in [5.41, 5.74) is 3.73. The molecule has 0 amide bonds. The molecule has 0 radical (unpaired) electrons. The van der Waals surface area contributed by atoms with E-state index in [1.54, 1.807) is 0 Å². The molecule has 1 heteroatoms. The monoisotopic (exact) mass is 238 g/mol. The highest BCUT2D eigenvalue weighted by Crippen LogP contribution is 2.22. The maximum atomic E-state index is 4.57. The van der Waals surface area contributed by atoms with Crippen molar-refractivity contribution in [2.24, 2.45) is 0 Å². The van der Waals surface area contributed by atoms with E-state index in [-0.39, 0.29) is 0 Å². The van der Waals surface area contributed by atoms with Gasteiger partial charge in [-0.1, -0.05) is 74.0 Å². The van der Waals surface area contributed by atoms with E-state index >= 15 is 0 Å². The summed E-state index contributed by atoms with van der Waals surface area (Å²) in [6.45, 7) is 5.25. The quantitative estimate of drug-likeness (QED) is 0.661. The first-order valence-corrected chi connectivity index (χ1v) is 6.61. The highest BCUT2D eigenvalue weighted by atomic mass is 14.9. The second-order valence-corrected chi connectivity index (χ2v) is 4.70. The number of rotatable bonds is 5. The molecule has 2 rings (SSSR count). The summed E-state index contributed by atoms with van der Waals surface area (Å²) in [5.74, 6) is 0.644. The molecule has 0 aliphatic heterocycles. The van der Waals surface area contributed by atoms with Crippen LogP contribution in [0.3, 0.4) is 0 Å². The lowest BCUT2D eigenvalue weighted by molar-refractivity contribution is 0.733. The predicted molar refractivity (Wildman–Crippen MR) is 78.3 cm³/mol. The second-order valence-electron chi connectivity index (χ2n) is 4.70. The van der Waals surface area contributed by atoms with E-state index in [1.807, 2.05) is 30.3 Å². The van der Waals surface area contributed by atoms with Gasteiger partial charge in [0.05, 0.1) is 0 Å². The van der Waals surface area contributed by atoms with Gasteiger partial charge in [0.2, 0.25) is 0 Å². The van der Waals surface area contributed by atoms with Gasteiger partial charge in [-0.2, -0.15) is 0 Å². The molecule has 0 aromatic heterocycles. The van der Waals surface area contributed by atoms with Crippen molar-refractivity contribution in [3.63, 3.8) is 0 Å². The minimum Gasteiger partial charge on any atom is -0.681 e. The lowest BCUT2D eigenvalue weighted by Gasteiger charge is -2.21. The topological polar surface area (TPSA) is 14.1 Å². The summed E-state index contributed by atoms with van der Waals surface area (Å²) in [6.07, 6.45) is 1.19. The van der Waals surface area contributed by atoms with Crippen LogP contribution in [0.25, 0.3) is 5.32 Å². The van der Waals surface area contributed by atoms with Crippen molar-refractivity contribution in [1.29, 1.82) is 0 Å². The van der Waals surface area contributed by atoms with E-state index < -0.39 is 0 Å². The van der Waals surface area contributed by atoms with Crippen LogP contribution >= 0.6 is 0 Å². The molecule has 94 valence electrons. The van der Waals surface area contributed by atoms with Gasteiger partial charge in [0, 0.05) is 0 Å². The number of hydrogen-bond acceptors (Lipinski definition) is 0. The Morgan fingerprint density at radius 1 is 0.944 bits per heavy atom. The maximum absolute atomic E-state index is 4.57. The van der Waals surface area contributed by atoms with E-state index in [1.165, 1.54) is 17.5 Å². The number of hydrogen-bond donors (Lipinski definition) is 0. The fourth-order valence-corrected chi connectivity index (χ4v) is 1.90. The van der Waals surface area contributed by atoms with Crippen LogP contribution in [0.2, 0.25) is 0 Å². The van der Waals surface area contributed by atoms with Crippen molar-refractivity contribution >= 4 is 5.69 Å². The third-order valence-corrected chi connectivity index (χ3v) is 3.36. The Hall–Kier alpha value is -1.76. The Bertz CT molecular complexity index is 459. The summed E-state index contributed by atoms with van der Waals surface area (Å²) in [7, 11) is 0. The molecular weight excluding hydrogens is 218 g/mol. The Labute approximate surface area is 110 Å². The van der Waals surface area contributed by atoms with Gasteiger partial charge in [-0.25, -0.2) is 0 Å². The average molecular weight is 238 g/mol. The van der Waals surface area contributed by atoms with Crippen molar-refractivity contribution in [2.75, 3.05) is 0 Å². The van der Waals surface area contributed by atoms with E-state index in [0.717, 1.165) is 12.2 Å². The van der Waals surface area contributed by atoms with Crippen LogP contribution in [0.1, 0.15) is 37.3 Å². The summed E-state index contributed by atoms with van der Waals surface area (Å²) in [5, 5.41) is 4.57. The van der Waals surface area contributed by atoms with Gasteiger partial charge in [0.15, 0.2) is 0 Å². The van der Waals surface area contributed by atoms with Crippen LogP contribution in [0.4, 0.5) is 5.69 Å². The van der Waals surface area contributed by atoms with Gasteiger partial charge in [-0.15, -0.1) is 12.2 Å². The summed E-state index contributed by atoms with van der Waals surface area (Å²) in [4.78, 5) is 0. The molecule has 0 heterocycles. The normalized spacial score (nSPS) is 12.1. The van der Waals surface area contributed by atoms with Gasteiger partial charge in [0.1, 0.15) is 0 Å². The lowest BCUT2D eigenvalue weighted by atomic mass is 9.98. The van der Waals surface area contributed by atoms with E-state index in [4.69, 9.17) is 0 Å². The molecule has 18 heavy (non-hydrogen) atoms. The van der Waals surface area contributed by atoms with Crippen molar-refractivity contribution in [1.82, 2.24) is 0 Å². The third-order valence-electron chi connectivity index (χ3n) is 3.36. The van der Waals surface area contributed by atoms with Crippen LogP contribution in [0, 0.1) is 0 Å². The SMILES string of the molecule is CCC(C)c1ccc(C[N-]c2ccccc2)cc1. The standard InChI is InChI=1S/C17H20N/c1-3-14(2)16-11-9-15(10-12-16)13-18-17-7-5-4-6-8-17/h4-12,14H,3,13H2,1-2H3/q-1. The minimum atomic E-state index is 0.644. The van der Waals surface area contributed by atoms with Gasteiger partial charge >= 0.3 is 0 Å². The first kappa shape index (κ1) is 12.7. The fourth-order valence-electron chi connectivity index (χ4n) is 1.90. The second kappa shape index (κ2) is 6.25. The molecule has 1 nitrogen and oxygen atoms in total. The van der Waals surface area contributed by atoms with Crippen LogP contribution in [0.5, 0.6) is 0 Å². The van der Waals surface area contributed by atoms with E-state index in [0.29, 0.717) is 5.92 Å². The van der Waals surface area contributed by atoms with Gasteiger partial charge in [-0.05, 0) is 17.9 Å². The molecule has 0 N–H and O–H groups in total. The maximum Gasteiger partial charge on any atom is -0.0193 e. The van der Waals surface area contributed by atoms with Gasteiger partial charge < -0.3 is 5.32 Å². The number of benzene rings is 2. The minimum absolute atomic E-state index is 0.644. The lowest BCUT2D eigenvalue weighted by Crippen LogP contribution is -1.91. The zero-order chi connectivity index (χ0) is 12.8. The van der Waals surface area contributed by atoms with Gasteiger partial charge in [0.25, 0.3) is 0 Å². The Kier molecular flexibility index (Phi) is 4.40. The molecule has 0 aliphatic carbocycles. The van der Waals surface area contributed by atoms with E-state index in [2.05, 4.69) is 43.4 Å². The molecule has 0 saturated carbocycles. The summed E-state index contributed by atoms with van der Waals surface area (Å²) >= 11 is 0. The molecule has 0 fully saturated rings. The summed E-state index contributed by atoms with van der Waals surface area (Å²) in [6, 6.07) is 19.0. The molecule has 2 aromatic carbocycles.